The molecule has 0 aliphatic carbocycles. The number of nitriles is 1. The molecule has 0 heterocycles. The summed E-state index contributed by atoms with van der Waals surface area (Å²) in [6, 6.07) is 8.22. The third-order valence-corrected chi connectivity index (χ3v) is 2.13. The van der Waals surface area contributed by atoms with Gasteiger partial charge in [-0.25, -0.2) is 4.79 Å². The molecule has 19 heavy (non-hydrogen) atoms. The van der Waals surface area contributed by atoms with Gasteiger partial charge in [0.15, 0.2) is 0 Å². The van der Waals surface area contributed by atoms with Crippen LogP contribution in [0.15, 0.2) is 24.3 Å². The Bertz CT molecular complexity index is 493. The molecule has 0 fully saturated rings. The fourth-order valence-corrected chi connectivity index (χ4v) is 1.33. The van der Waals surface area contributed by atoms with Gasteiger partial charge in [-0.3, -0.25) is 4.79 Å². The molecule has 2 amide bonds. The second-order valence-corrected chi connectivity index (χ2v) is 3.68. The van der Waals surface area contributed by atoms with Gasteiger partial charge in [0.1, 0.15) is 18.5 Å². The molecule has 0 aliphatic heterocycles. The number of hydrogen-bond donors (Lipinski definition) is 2. The number of carbonyl (C=O) groups excluding carboxylic acids is 2. The van der Waals surface area contributed by atoms with Gasteiger partial charge in [-0.1, -0.05) is 0 Å². The van der Waals surface area contributed by atoms with Crippen LogP contribution in [-0.2, 0) is 9.53 Å². The summed E-state index contributed by atoms with van der Waals surface area (Å²) in [5, 5.41) is 8.65. The maximum Gasteiger partial charge on any atom is 0.404 e. The van der Waals surface area contributed by atoms with Crippen LogP contribution in [0.4, 0.5) is 4.79 Å². The maximum atomic E-state index is 10.9. The van der Waals surface area contributed by atoms with Gasteiger partial charge in [-0.2, -0.15) is 5.26 Å². The van der Waals surface area contributed by atoms with Gasteiger partial charge in [-0.15, -0.1) is 0 Å². The van der Waals surface area contributed by atoms with Gasteiger partial charge in [-0.05, 0) is 24.3 Å². The number of primary amides is 2. The average molecular weight is 263 g/mol. The Kier molecular flexibility index (Phi) is 5.17. The van der Waals surface area contributed by atoms with E-state index in [1.165, 1.54) is 0 Å². The number of benzene rings is 1. The number of ether oxygens (including phenoxy) is 2. The zero-order valence-corrected chi connectivity index (χ0v) is 10.0. The number of amides is 2. The first kappa shape index (κ1) is 14.3. The zero-order chi connectivity index (χ0) is 14.3. The van der Waals surface area contributed by atoms with Gasteiger partial charge in [0.2, 0.25) is 5.91 Å². The maximum absolute atomic E-state index is 10.9. The van der Waals surface area contributed by atoms with Crippen molar-refractivity contribution in [2.75, 3.05) is 6.61 Å². The Labute approximate surface area is 109 Å². The zero-order valence-electron chi connectivity index (χ0n) is 10.0. The highest BCUT2D eigenvalue weighted by molar-refractivity contribution is 5.74. The minimum Gasteiger partial charge on any atom is -0.486 e. The van der Waals surface area contributed by atoms with Gasteiger partial charge in [0.05, 0.1) is 18.1 Å². The molecular formula is C12H13N3O4. The summed E-state index contributed by atoms with van der Waals surface area (Å²) in [5.74, 6) is -0.162. The van der Waals surface area contributed by atoms with E-state index in [0.29, 0.717) is 11.3 Å². The molecule has 1 atom stereocenters. The molecule has 0 saturated heterocycles. The van der Waals surface area contributed by atoms with Crippen molar-refractivity contribution >= 4 is 12.0 Å². The van der Waals surface area contributed by atoms with E-state index in [0.717, 1.165) is 0 Å². The SMILES string of the molecule is N#Cc1ccc(OC(COC(N)=O)CC(N)=O)cc1. The van der Waals surface area contributed by atoms with E-state index < -0.39 is 18.1 Å². The molecule has 4 N–H and O–H groups in total. The van der Waals surface area contributed by atoms with Crippen LogP contribution in [0.25, 0.3) is 0 Å². The van der Waals surface area contributed by atoms with Crippen molar-refractivity contribution in [1.82, 2.24) is 0 Å². The van der Waals surface area contributed by atoms with Crippen molar-refractivity contribution in [2.45, 2.75) is 12.5 Å². The summed E-state index contributed by atoms with van der Waals surface area (Å²) in [6.07, 6.45) is -1.80. The molecular weight excluding hydrogens is 250 g/mol. The Hall–Kier alpha value is -2.75. The molecule has 0 radical (unpaired) electrons. The largest absolute Gasteiger partial charge is 0.486 e. The van der Waals surface area contributed by atoms with Crippen LogP contribution in [0, 0.1) is 11.3 Å². The smallest absolute Gasteiger partial charge is 0.404 e. The van der Waals surface area contributed by atoms with Crippen LogP contribution in [0.1, 0.15) is 12.0 Å². The lowest BCUT2D eigenvalue weighted by atomic mass is 10.2. The van der Waals surface area contributed by atoms with Crippen LogP contribution in [0.5, 0.6) is 5.75 Å². The van der Waals surface area contributed by atoms with Crippen LogP contribution >= 0.6 is 0 Å². The minimum absolute atomic E-state index is 0.118. The third kappa shape index (κ3) is 5.41. The van der Waals surface area contributed by atoms with Crippen LogP contribution in [-0.4, -0.2) is 24.7 Å². The van der Waals surface area contributed by atoms with Crippen molar-refractivity contribution in [3.05, 3.63) is 29.8 Å². The van der Waals surface area contributed by atoms with Gasteiger partial charge in [0.25, 0.3) is 0 Å². The van der Waals surface area contributed by atoms with Gasteiger partial charge in [0, 0.05) is 0 Å². The minimum atomic E-state index is -0.960. The number of rotatable bonds is 6. The molecule has 1 aromatic carbocycles. The highest BCUT2D eigenvalue weighted by atomic mass is 16.6. The quantitative estimate of drug-likeness (QED) is 0.761. The van der Waals surface area contributed by atoms with Crippen molar-refractivity contribution < 1.29 is 19.1 Å². The summed E-state index contributed by atoms with van der Waals surface area (Å²) in [4.78, 5) is 21.4. The Morgan fingerprint density at radius 1 is 1.26 bits per heavy atom. The van der Waals surface area contributed by atoms with E-state index in [2.05, 4.69) is 4.74 Å². The Balaban J connectivity index is 2.66. The first-order valence-corrected chi connectivity index (χ1v) is 5.38. The second-order valence-electron chi connectivity index (χ2n) is 3.68. The summed E-state index contributed by atoms with van der Waals surface area (Å²) in [5.41, 5.74) is 10.4. The molecule has 1 aromatic rings. The lowest BCUT2D eigenvalue weighted by molar-refractivity contribution is -0.120. The van der Waals surface area contributed by atoms with Gasteiger partial charge >= 0.3 is 6.09 Å². The van der Waals surface area contributed by atoms with Crippen molar-refractivity contribution in [3.63, 3.8) is 0 Å². The van der Waals surface area contributed by atoms with E-state index in [9.17, 15) is 9.59 Å². The predicted octanol–water partition coefficient (Wildman–Crippen LogP) is 0.276. The molecule has 7 heteroatoms. The van der Waals surface area contributed by atoms with E-state index in [1.807, 2.05) is 6.07 Å². The number of hydrogen-bond acceptors (Lipinski definition) is 5. The van der Waals surface area contributed by atoms with Crippen molar-refractivity contribution in [1.29, 1.82) is 5.26 Å². The van der Waals surface area contributed by atoms with Crippen molar-refractivity contribution in [2.24, 2.45) is 11.5 Å². The highest BCUT2D eigenvalue weighted by Crippen LogP contribution is 2.14. The lowest BCUT2D eigenvalue weighted by Gasteiger charge is -2.17. The van der Waals surface area contributed by atoms with Crippen molar-refractivity contribution in [3.8, 4) is 11.8 Å². The predicted molar refractivity (Wildman–Crippen MR) is 64.9 cm³/mol. The topological polar surface area (TPSA) is 128 Å². The fourth-order valence-electron chi connectivity index (χ4n) is 1.33. The molecule has 0 spiro atoms. The molecule has 0 aliphatic rings. The molecule has 100 valence electrons. The first-order valence-electron chi connectivity index (χ1n) is 5.38. The number of nitrogens with two attached hydrogens (primary N) is 2. The molecule has 1 unspecified atom stereocenters. The Morgan fingerprint density at radius 3 is 2.37 bits per heavy atom. The normalized spacial score (nSPS) is 11.1. The van der Waals surface area contributed by atoms with Crippen LogP contribution in [0.3, 0.4) is 0 Å². The second kappa shape index (κ2) is 6.86. The molecule has 1 rings (SSSR count). The van der Waals surface area contributed by atoms with Gasteiger partial charge < -0.3 is 20.9 Å². The molecule has 0 saturated carbocycles. The standard InChI is InChI=1S/C12H13N3O4/c13-6-8-1-3-9(4-2-8)19-10(5-11(14)16)7-18-12(15)17/h1-4,10H,5,7H2,(H2,14,16)(H2,15,17). The summed E-state index contributed by atoms with van der Waals surface area (Å²) in [7, 11) is 0. The molecule has 7 nitrogen and oxygen atoms in total. The van der Waals surface area contributed by atoms with E-state index in [-0.39, 0.29) is 13.0 Å². The van der Waals surface area contributed by atoms with E-state index in [4.69, 9.17) is 21.5 Å². The van der Waals surface area contributed by atoms with E-state index >= 15 is 0 Å². The lowest BCUT2D eigenvalue weighted by Crippen LogP contribution is -2.31. The summed E-state index contributed by atoms with van der Waals surface area (Å²) in [6.45, 7) is -0.182. The number of nitrogens with zero attached hydrogens (tertiary/aromatic N) is 1. The molecule has 0 aromatic heterocycles. The Morgan fingerprint density at radius 2 is 1.89 bits per heavy atom. The summed E-state index contributed by atoms with van der Waals surface area (Å²) >= 11 is 0. The molecule has 0 bridgehead atoms. The third-order valence-electron chi connectivity index (χ3n) is 2.13. The first-order chi connectivity index (χ1) is 9.01. The highest BCUT2D eigenvalue weighted by Gasteiger charge is 2.16. The van der Waals surface area contributed by atoms with Crippen LogP contribution < -0.4 is 16.2 Å². The fraction of sp³-hybridized carbons (Fsp3) is 0.250. The average Bonchev–Trinajstić information content (AvgIpc) is 2.36. The van der Waals surface area contributed by atoms with E-state index in [1.54, 1.807) is 24.3 Å². The van der Waals surface area contributed by atoms with Crippen LogP contribution in [0.2, 0.25) is 0 Å². The summed E-state index contributed by atoms with van der Waals surface area (Å²) < 4.78 is 10.0. The number of carbonyl (C=O) groups is 2. The monoisotopic (exact) mass is 263 g/mol.